The summed E-state index contributed by atoms with van der Waals surface area (Å²) in [5.74, 6) is 0.239. The average molecular weight is 251 g/mol. The molecule has 1 aromatic rings. The molecule has 0 saturated heterocycles. The van der Waals surface area contributed by atoms with E-state index in [9.17, 15) is 5.11 Å². The van der Waals surface area contributed by atoms with Gasteiger partial charge in [0.2, 0.25) is 0 Å². The third-order valence-electron chi connectivity index (χ3n) is 2.40. The molecule has 0 amide bonds. The van der Waals surface area contributed by atoms with E-state index in [1.165, 1.54) is 0 Å². The minimum Gasteiger partial charge on any atom is -0.506 e. The van der Waals surface area contributed by atoms with E-state index in [1.807, 2.05) is 23.4 Å². The van der Waals surface area contributed by atoms with Crippen LogP contribution in [0.4, 0.5) is 5.69 Å². The van der Waals surface area contributed by atoms with Gasteiger partial charge in [-0.25, -0.2) is 10.0 Å². The van der Waals surface area contributed by atoms with Crippen LogP contribution in [0.5, 0.6) is 5.75 Å². The second kappa shape index (κ2) is 3.71. The van der Waals surface area contributed by atoms with Gasteiger partial charge < -0.3 is 5.11 Å². The van der Waals surface area contributed by atoms with Crippen molar-refractivity contribution in [3.63, 3.8) is 0 Å². The number of amidine groups is 1. The third kappa shape index (κ3) is 1.49. The Kier molecular flexibility index (Phi) is 2.33. The molecule has 2 aliphatic heterocycles. The number of thioether (sulfide) groups is 2. The van der Waals surface area contributed by atoms with Crippen LogP contribution in [0.2, 0.25) is 0 Å². The number of phenolic OH excluding ortho intramolecular Hbond substituents is 1. The number of fused-ring (bicyclic) bond motifs is 2. The van der Waals surface area contributed by atoms with E-state index in [0.717, 1.165) is 15.1 Å². The van der Waals surface area contributed by atoms with Crippen molar-refractivity contribution >= 4 is 38.8 Å². The first-order chi connectivity index (χ1) is 7.78. The first-order valence-electron chi connectivity index (χ1n) is 4.75. The Labute approximate surface area is 101 Å². The van der Waals surface area contributed by atoms with E-state index in [1.54, 1.807) is 29.6 Å². The van der Waals surface area contributed by atoms with Crippen LogP contribution in [-0.4, -0.2) is 25.9 Å². The fraction of sp³-hybridized carbons (Fsp3) is 0.200. The zero-order chi connectivity index (χ0) is 11.1. The summed E-state index contributed by atoms with van der Waals surface area (Å²) in [6, 6.07) is 5.46. The molecule has 0 radical (unpaired) electrons. The predicted octanol–water partition coefficient (Wildman–Crippen LogP) is 2.58. The second-order valence-electron chi connectivity index (χ2n) is 3.41. The van der Waals surface area contributed by atoms with Crippen molar-refractivity contribution in [2.75, 3.05) is 6.26 Å². The number of benzene rings is 1. The molecule has 6 heteroatoms. The molecular weight excluding hydrogens is 242 g/mol. The molecule has 0 fully saturated rings. The van der Waals surface area contributed by atoms with Gasteiger partial charge in [0.15, 0.2) is 9.54 Å². The Morgan fingerprint density at radius 2 is 2.38 bits per heavy atom. The standard InChI is InChI=1S/C10H9N3OS2/c1-15-10-12-13-5-6-3-2-4-7(14)8(6)11-9(13)16-10/h2-4,14H,5H2,1H3. The Morgan fingerprint density at radius 1 is 1.50 bits per heavy atom. The molecule has 0 spiro atoms. The van der Waals surface area contributed by atoms with Crippen LogP contribution in [0.1, 0.15) is 5.56 Å². The monoisotopic (exact) mass is 251 g/mol. The first-order valence-corrected chi connectivity index (χ1v) is 6.79. The van der Waals surface area contributed by atoms with Crippen LogP contribution in [0.15, 0.2) is 28.3 Å². The zero-order valence-corrected chi connectivity index (χ0v) is 10.2. The Bertz CT molecular complexity index is 513. The number of phenols is 1. The summed E-state index contributed by atoms with van der Waals surface area (Å²) in [6.45, 7) is 0.680. The van der Waals surface area contributed by atoms with E-state index >= 15 is 0 Å². The molecule has 16 heavy (non-hydrogen) atoms. The van der Waals surface area contributed by atoms with Crippen LogP contribution in [0, 0.1) is 0 Å². The lowest BCUT2D eigenvalue weighted by Gasteiger charge is -2.20. The summed E-state index contributed by atoms with van der Waals surface area (Å²) in [6.07, 6.45) is 2.00. The number of para-hydroxylation sites is 1. The molecule has 0 saturated carbocycles. The van der Waals surface area contributed by atoms with Gasteiger partial charge in [0.05, 0.1) is 6.54 Å². The lowest BCUT2D eigenvalue weighted by atomic mass is 10.1. The maximum absolute atomic E-state index is 9.72. The number of aromatic hydroxyl groups is 1. The number of hydrogen-bond donors (Lipinski definition) is 1. The fourth-order valence-corrected chi connectivity index (χ4v) is 3.03. The quantitative estimate of drug-likeness (QED) is 0.770. The van der Waals surface area contributed by atoms with Crippen LogP contribution in [-0.2, 0) is 6.54 Å². The predicted molar refractivity (Wildman–Crippen MR) is 69.3 cm³/mol. The van der Waals surface area contributed by atoms with Crippen molar-refractivity contribution in [3.05, 3.63) is 23.8 Å². The Hall–Kier alpha value is -1.14. The molecule has 0 atom stereocenters. The number of nitrogens with zero attached hydrogens (tertiary/aromatic N) is 3. The molecule has 0 bridgehead atoms. The largest absolute Gasteiger partial charge is 0.506 e. The van der Waals surface area contributed by atoms with Crippen molar-refractivity contribution in [3.8, 4) is 5.75 Å². The SMILES string of the molecule is CSC1=NN2Cc3cccc(O)c3N=C2S1. The minimum absolute atomic E-state index is 0.239. The highest BCUT2D eigenvalue weighted by Crippen LogP contribution is 2.39. The molecule has 0 unspecified atom stereocenters. The van der Waals surface area contributed by atoms with Crippen molar-refractivity contribution < 1.29 is 5.11 Å². The van der Waals surface area contributed by atoms with Crippen molar-refractivity contribution in [1.82, 2.24) is 5.01 Å². The van der Waals surface area contributed by atoms with Crippen molar-refractivity contribution in [2.45, 2.75) is 6.54 Å². The van der Waals surface area contributed by atoms with Crippen molar-refractivity contribution in [1.29, 1.82) is 0 Å². The van der Waals surface area contributed by atoms with Gasteiger partial charge in [0.25, 0.3) is 0 Å². The smallest absolute Gasteiger partial charge is 0.192 e. The number of hydrazone groups is 1. The summed E-state index contributed by atoms with van der Waals surface area (Å²) in [5.41, 5.74) is 1.69. The van der Waals surface area contributed by atoms with Gasteiger partial charge in [0.1, 0.15) is 11.4 Å². The average Bonchev–Trinajstić information content (AvgIpc) is 2.69. The molecule has 2 heterocycles. The van der Waals surface area contributed by atoms with E-state index in [2.05, 4.69) is 10.1 Å². The highest BCUT2D eigenvalue weighted by atomic mass is 32.2. The van der Waals surface area contributed by atoms with Gasteiger partial charge in [-0.3, -0.25) is 0 Å². The van der Waals surface area contributed by atoms with Gasteiger partial charge in [-0.15, -0.1) is 11.8 Å². The van der Waals surface area contributed by atoms with Gasteiger partial charge in [-0.05, 0) is 24.1 Å². The maximum Gasteiger partial charge on any atom is 0.192 e. The van der Waals surface area contributed by atoms with Crippen LogP contribution in [0.3, 0.4) is 0 Å². The molecule has 4 nitrogen and oxygen atoms in total. The lowest BCUT2D eigenvalue weighted by Crippen LogP contribution is -2.21. The van der Waals surface area contributed by atoms with Gasteiger partial charge in [-0.2, -0.15) is 5.10 Å². The summed E-state index contributed by atoms with van der Waals surface area (Å²) in [7, 11) is 0. The second-order valence-corrected chi connectivity index (χ2v) is 5.42. The van der Waals surface area contributed by atoms with Crippen LogP contribution >= 0.6 is 23.5 Å². The van der Waals surface area contributed by atoms with Gasteiger partial charge in [-0.1, -0.05) is 12.1 Å². The molecule has 3 rings (SSSR count). The highest BCUT2D eigenvalue weighted by molar-refractivity contribution is 8.45. The number of rotatable bonds is 0. The number of aliphatic imine (C=N–C) groups is 1. The van der Waals surface area contributed by atoms with Gasteiger partial charge >= 0.3 is 0 Å². The summed E-state index contributed by atoms with van der Waals surface area (Å²) in [4.78, 5) is 4.43. The van der Waals surface area contributed by atoms with E-state index in [-0.39, 0.29) is 5.75 Å². The Balaban J connectivity index is 2.04. The molecule has 82 valence electrons. The molecule has 1 N–H and O–H groups in total. The molecule has 2 aliphatic rings. The highest BCUT2D eigenvalue weighted by Gasteiger charge is 2.28. The summed E-state index contributed by atoms with van der Waals surface area (Å²) >= 11 is 3.15. The molecular formula is C10H9N3OS2. The van der Waals surface area contributed by atoms with E-state index in [0.29, 0.717) is 12.2 Å². The normalized spacial score (nSPS) is 17.7. The Morgan fingerprint density at radius 3 is 3.19 bits per heavy atom. The van der Waals surface area contributed by atoms with Crippen LogP contribution < -0.4 is 0 Å². The number of hydrogen-bond acceptors (Lipinski definition) is 6. The van der Waals surface area contributed by atoms with Gasteiger partial charge in [0, 0.05) is 5.56 Å². The molecule has 1 aromatic carbocycles. The first kappa shape index (κ1) is 10.0. The third-order valence-corrected chi connectivity index (χ3v) is 4.32. The summed E-state index contributed by atoms with van der Waals surface area (Å²) < 4.78 is 0.992. The molecule has 0 aromatic heterocycles. The minimum atomic E-state index is 0.239. The zero-order valence-electron chi connectivity index (χ0n) is 8.54. The maximum atomic E-state index is 9.72. The van der Waals surface area contributed by atoms with Crippen LogP contribution in [0.25, 0.3) is 0 Å². The fourth-order valence-electron chi connectivity index (χ4n) is 1.65. The lowest BCUT2D eigenvalue weighted by molar-refractivity contribution is 0.439. The summed E-state index contributed by atoms with van der Waals surface area (Å²) in [5, 5.41) is 16.9. The van der Waals surface area contributed by atoms with E-state index < -0.39 is 0 Å². The van der Waals surface area contributed by atoms with E-state index in [4.69, 9.17) is 0 Å². The molecule has 0 aliphatic carbocycles. The topological polar surface area (TPSA) is 48.2 Å². The van der Waals surface area contributed by atoms with Crippen molar-refractivity contribution in [2.24, 2.45) is 10.1 Å².